The summed E-state index contributed by atoms with van der Waals surface area (Å²) in [5.74, 6) is 0. The Bertz CT molecular complexity index is 629. The summed E-state index contributed by atoms with van der Waals surface area (Å²) >= 11 is 0. The number of nitro benzene ring substituents is 1. The van der Waals surface area contributed by atoms with Crippen LogP contribution in [-0.4, -0.2) is 21.8 Å². The third-order valence-electron chi connectivity index (χ3n) is 1.51. The minimum atomic E-state index is -5.43. The average molecular weight is 282 g/mol. The number of hydrogen-bond acceptors (Lipinski definition) is 7. The SMILES string of the molecule is [O]S(=O)(=O)OS(=O)(=O)c1ccc([N+](=O)[O-])cc1. The molecule has 11 heteroatoms. The molecule has 0 aromatic heterocycles. The molecule has 1 rings (SSSR count). The average Bonchev–Trinajstić information content (AvgIpc) is 2.14. The molecule has 0 heterocycles. The minimum Gasteiger partial charge on any atom is -0.258 e. The molecule has 0 aliphatic heterocycles. The summed E-state index contributed by atoms with van der Waals surface area (Å²) in [6.07, 6.45) is 0. The third-order valence-corrected chi connectivity index (χ3v) is 3.74. The lowest BCUT2D eigenvalue weighted by Gasteiger charge is -2.00. The first-order chi connectivity index (χ1) is 7.62. The van der Waals surface area contributed by atoms with Crippen molar-refractivity contribution in [1.29, 1.82) is 0 Å². The largest absolute Gasteiger partial charge is 0.442 e. The van der Waals surface area contributed by atoms with Crippen molar-refractivity contribution in [1.82, 2.24) is 0 Å². The Morgan fingerprint density at radius 3 is 1.88 bits per heavy atom. The second-order valence-corrected chi connectivity index (χ2v) is 5.42. The van der Waals surface area contributed by atoms with Gasteiger partial charge in [0.2, 0.25) is 0 Å². The molecule has 0 aliphatic rings. The Morgan fingerprint density at radius 1 is 1.06 bits per heavy atom. The molecule has 0 unspecified atom stereocenters. The van der Waals surface area contributed by atoms with E-state index >= 15 is 0 Å². The Morgan fingerprint density at radius 2 is 1.53 bits per heavy atom. The molecule has 93 valence electrons. The molecule has 9 nitrogen and oxygen atoms in total. The normalized spacial score (nSPS) is 12.3. The number of hydrogen-bond donors (Lipinski definition) is 0. The van der Waals surface area contributed by atoms with Gasteiger partial charge in [0, 0.05) is 12.1 Å². The van der Waals surface area contributed by atoms with Crippen molar-refractivity contribution in [2.45, 2.75) is 4.90 Å². The quantitative estimate of drug-likeness (QED) is 0.557. The molecule has 0 fully saturated rings. The summed E-state index contributed by atoms with van der Waals surface area (Å²) in [6.45, 7) is 0. The number of non-ortho nitro benzene ring substituents is 1. The predicted octanol–water partition coefficient (Wildman–Crippen LogP) is -0.0246. The summed E-state index contributed by atoms with van der Waals surface area (Å²) in [5.41, 5.74) is -0.395. The molecule has 1 aromatic rings. The lowest BCUT2D eigenvalue weighted by atomic mass is 10.3. The van der Waals surface area contributed by atoms with Gasteiger partial charge in [0.15, 0.2) is 0 Å². The first-order valence-corrected chi connectivity index (χ1v) is 6.52. The molecular weight excluding hydrogens is 278 g/mol. The lowest BCUT2D eigenvalue weighted by molar-refractivity contribution is -0.384. The second-order valence-electron chi connectivity index (χ2n) is 2.68. The van der Waals surface area contributed by atoms with Crippen molar-refractivity contribution in [3.05, 3.63) is 34.4 Å². The van der Waals surface area contributed by atoms with Crippen LogP contribution in [0.15, 0.2) is 29.2 Å². The Kier molecular flexibility index (Phi) is 3.47. The van der Waals surface area contributed by atoms with Crippen molar-refractivity contribution in [2.75, 3.05) is 0 Å². The van der Waals surface area contributed by atoms with Crippen molar-refractivity contribution >= 4 is 26.2 Å². The number of nitro groups is 1. The third kappa shape index (κ3) is 3.74. The Balaban J connectivity index is 3.13. The van der Waals surface area contributed by atoms with Crippen LogP contribution in [0.4, 0.5) is 5.69 Å². The molecule has 0 aliphatic carbocycles. The highest BCUT2D eigenvalue weighted by Crippen LogP contribution is 2.18. The Hall–Kier alpha value is -1.56. The van der Waals surface area contributed by atoms with E-state index in [1.165, 1.54) is 0 Å². The van der Waals surface area contributed by atoms with Gasteiger partial charge in [0.25, 0.3) is 5.69 Å². The first kappa shape index (κ1) is 13.5. The molecule has 1 aromatic carbocycles. The summed E-state index contributed by atoms with van der Waals surface area (Å²) in [5, 5.41) is 10.3. The summed E-state index contributed by atoms with van der Waals surface area (Å²) in [7, 11) is -10.2. The van der Waals surface area contributed by atoms with E-state index < -0.39 is 36.0 Å². The fourth-order valence-corrected chi connectivity index (χ4v) is 2.54. The van der Waals surface area contributed by atoms with E-state index in [4.69, 9.17) is 0 Å². The van der Waals surface area contributed by atoms with Crippen LogP contribution in [0.5, 0.6) is 0 Å². The molecule has 0 atom stereocenters. The van der Waals surface area contributed by atoms with Crippen LogP contribution >= 0.6 is 0 Å². The van der Waals surface area contributed by atoms with E-state index in [1.54, 1.807) is 0 Å². The van der Waals surface area contributed by atoms with Gasteiger partial charge in [-0.25, -0.2) is 0 Å². The molecule has 0 N–H and O–H groups in total. The Labute approximate surface area is 95.9 Å². The first-order valence-electron chi connectivity index (χ1n) is 3.78. The van der Waals surface area contributed by atoms with Gasteiger partial charge in [-0.2, -0.15) is 16.8 Å². The van der Waals surface area contributed by atoms with E-state index in [0.29, 0.717) is 0 Å². The molecule has 0 spiro atoms. The van der Waals surface area contributed by atoms with E-state index in [-0.39, 0.29) is 0 Å². The van der Waals surface area contributed by atoms with E-state index in [9.17, 15) is 31.5 Å². The van der Waals surface area contributed by atoms with Crippen LogP contribution in [0, 0.1) is 10.1 Å². The fraction of sp³-hybridized carbons (Fsp3) is 0. The van der Waals surface area contributed by atoms with Gasteiger partial charge in [0.05, 0.1) is 9.82 Å². The molecule has 0 saturated carbocycles. The van der Waals surface area contributed by atoms with Gasteiger partial charge in [-0.05, 0) is 12.1 Å². The van der Waals surface area contributed by atoms with Gasteiger partial charge in [-0.15, -0.1) is 3.63 Å². The molecule has 0 saturated heterocycles. The monoisotopic (exact) mass is 282 g/mol. The maximum absolute atomic E-state index is 11.2. The zero-order valence-electron chi connectivity index (χ0n) is 7.84. The van der Waals surface area contributed by atoms with E-state index in [2.05, 4.69) is 3.63 Å². The minimum absolute atomic E-state index is 0.395. The van der Waals surface area contributed by atoms with E-state index in [0.717, 1.165) is 24.3 Å². The van der Waals surface area contributed by atoms with Gasteiger partial charge in [-0.3, -0.25) is 10.1 Å². The zero-order chi connectivity index (χ0) is 13.3. The lowest BCUT2D eigenvalue weighted by Crippen LogP contribution is -2.11. The maximum Gasteiger partial charge on any atom is 0.442 e. The predicted molar refractivity (Wildman–Crippen MR) is 51.0 cm³/mol. The number of nitrogens with zero attached hydrogens (tertiary/aromatic N) is 1. The van der Waals surface area contributed by atoms with Crippen molar-refractivity contribution in [3.8, 4) is 0 Å². The highest BCUT2D eigenvalue weighted by molar-refractivity contribution is 7.97. The van der Waals surface area contributed by atoms with Crippen molar-refractivity contribution in [2.24, 2.45) is 0 Å². The van der Waals surface area contributed by atoms with E-state index in [1.807, 2.05) is 0 Å². The van der Waals surface area contributed by atoms with Crippen molar-refractivity contribution in [3.63, 3.8) is 0 Å². The van der Waals surface area contributed by atoms with Crippen molar-refractivity contribution < 1.29 is 29.9 Å². The van der Waals surface area contributed by atoms with Gasteiger partial charge >= 0.3 is 20.5 Å². The molecule has 17 heavy (non-hydrogen) atoms. The maximum atomic E-state index is 11.2. The zero-order valence-corrected chi connectivity index (χ0v) is 9.47. The van der Waals surface area contributed by atoms with Crippen LogP contribution in [-0.2, 0) is 28.7 Å². The van der Waals surface area contributed by atoms with Gasteiger partial charge in [-0.1, -0.05) is 4.55 Å². The van der Waals surface area contributed by atoms with Gasteiger partial charge < -0.3 is 0 Å². The molecule has 0 amide bonds. The number of rotatable bonds is 4. The highest BCUT2D eigenvalue weighted by atomic mass is 32.3. The van der Waals surface area contributed by atoms with Gasteiger partial charge in [0.1, 0.15) is 0 Å². The van der Waals surface area contributed by atoms with Crippen LogP contribution in [0.2, 0.25) is 0 Å². The molecule has 0 bridgehead atoms. The second kappa shape index (κ2) is 4.37. The smallest absolute Gasteiger partial charge is 0.258 e. The molecular formula is C6H4NO8S2. The topological polar surface area (TPSA) is 141 Å². The van der Waals surface area contributed by atoms with Crippen LogP contribution in [0.25, 0.3) is 0 Å². The highest BCUT2D eigenvalue weighted by Gasteiger charge is 2.24. The van der Waals surface area contributed by atoms with Crippen LogP contribution in [0.1, 0.15) is 0 Å². The van der Waals surface area contributed by atoms with Crippen LogP contribution < -0.4 is 0 Å². The standard InChI is InChI=1S/C6H4NO8S2/c8-7(9)5-1-3-6(4-2-5)16(10,11)15-17(12,13)14/h1-4H. The summed E-state index contributed by atoms with van der Waals surface area (Å²) < 4.78 is 56.0. The molecule has 1 radical (unpaired) electrons. The summed E-state index contributed by atoms with van der Waals surface area (Å²) in [6, 6.07) is 3.15. The summed E-state index contributed by atoms with van der Waals surface area (Å²) in [4.78, 5) is 8.82. The number of benzene rings is 1. The van der Waals surface area contributed by atoms with Crippen LogP contribution in [0.3, 0.4) is 0 Å². The fourth-order valence-electron chi connectivity index (χ4n) is 0.884.